The minimum absolute atomic E-state index is 0.301. The molecule has 1 aliphatic rings. The summed E-state index contributed by atoms with van der Waals surface area (Å²) in [6, 6.07) is 14.8. The highest BCUT2D eigenvalue weighted by Crippen LogP contribution is 2.31. The number of para-hydroxylation sites is 1. The summed E-state index contributed by atoms with van der Waals surface area (Å²) >= 11 is 0. The lowest BCUT2D eigenvalue weighted by Crippen LogP contribution is -2.34. The quantitative estimate of drug-likeness (QED) is 0.739. The monoisotopic (exact) mass is 319 g/mol. The maximum absolute atomic E-state index is 4.47. The smallest absolute Gasteiger partial charge is 0.154 e. The van der Waals surface area contributed by atoms with Crippen LogP contribution in [-0.4, -0.2) is 31.2 Å². The molecule has 3 aromatic rings. The van der Waals surface area contributed by atoms with E-state index < -0.39 is 0 Å². The lowest BCUT2D eigenvalue weighted by Gasteiger charge is -2.35. The Balaban J connectivity index is 1.63. The summed E-state index contributed by atoms with van der Waals surface area (Å²) in [4.78, 5) is 6.63. The SMILES string of the molecule is c1ccc(-n2cnnc2[C@@H]2CCCCN2Cc2ccncc2)cc1. The molecule has 0 unspecified atom stereocenters. The highest BCUT2D eigenvalue weighted by molar-refractivity contribution is 5.32. The molecule has 2 aromatic heterocycles. The summed E-state index contributed by atoms with van der Waals surface area (Å²) in [6.07, 6.45) is 9.14. The number of piperidine rings is 1. The molecule has 122 valence electrons. The molecule has 0 saturated carbocycles. The van der Waals surface area contributed by atoms with Crippen molar-refractivity contribution < 1.29 is 0 Å². The van der Waals surface area contributed by atoms with Crippen molar-refractivity contribution in [3.8, 4) is 5.69 Å². The average Bonchev–Trinajstić information content (AvgIpc) is 3.13. The topological polar surface area (TPSA) is 46.8 Å². The lowest BCUT2D eigenvalue weighted by molar-refractivity contribution is 0.132. The fourth-order valence-corrected chi connectivity index (χ4v) is 3.45. The Bertz CT molecular complexity index is 769. The van der Waals surface area contributed by atoms with Crippen LogP contribution in [0.1, 0.15) is 36.7 Å². The zero-order chi connectivity index (χ0) is 16.2. The van der Waals surface area contributed by atoms with Gasteiger partial charge in [-0.1, -0.05) is 24.6 Å². The lowest BCUT2D eigenvalue weighted by atomic mass is 10.0. The summed E-state index contributed by atoms with van der Waals surface area (Å²) in [6.45, 7) is 2.02. The molecule has 5 heteroatoms. The van der Waals surface area contributed by atoms with E-state index in [0.717, 1.165) is 31.0 Å². The van der Waals surface area contributed by atoms with Gasteiger partial charge in [-0.2, -0.15) is 0 Å². The summed E-state index contributed by atoms with van der Waals surface area (Å²) in [7, 11) is 0. The van der Waals surface area contributed by atoms with Gasteiger partial charge in [0, 0.05) is 24.6 Å². The predicted octanol–water partition coefficient (Wildman–Crippen LogP) is 3.39. The Morgan fingerprint density at radius 2 is 1.83 bits per heavy atom. The van der Waals surface area contributed by atoms with Crippen molar-refractivity contribution in [1.82, 2.24) is 24.6 Å². The summed E-state index contributed by atoms with van der Waals surface area (Å²) in [5.41, 5.74) is 2.41. The van der Waals surface area contributed by atoms with Crippen molar-refractivity contribution >= 4 is 0 Å². The van der Waals surface area contributed by atoms with E-state index in [4.69, 9.17) is 0 Å². The zero-order valence-electron chi connectivity index (χ0n) is 13.6. The average molecular weight is 319 g/mol. The Morgan fingerprint density at radius 3 is 2.67 bits per heavy atom. The molecule has 0 aliphatic carbocycles. The van der Waals surface area contributed by atoms with Crippen molar-refractivity contribution in [2.24, 2.45) is 0 Å². The van der Waals surface area contributed by atoms with Crippen LogP contribution in [0.3, 0.4) is 0 Å². The van der Waals surface area contributed by atoms with E-state index in [2.05, 4.69) is 61.0 Å². The molecule has 0 bridgehead atoms. The maximum Gasteiger partial charge on any atom is 0.154 e. The molecule has 1 aliphatic heterocycles. The largest absolute Gasteiger partial charge is 0.289 e. The zero-order valence-corrected chi connectivity index (χ0v) is 13.6. The first-order valence-corrected chi connectivity index (χ1v) is 8.50. The van der Waals surface area contributed by atoms with Gasteiger partial charge in [-0.15, -0.1) is 10.2 Å². The van der Waals surface area contributed by atoms with E-state index in [1.54, 1.807) is 0 Å². The van der Waals surface area contributed by atoms with E-state index in [-0.39, 0.29) is 0 Å². The molecule has 0 spiro atoms. The molecule has 4 rings (SSSR count). The van der Waals surface area contributed by atoms with Gasteiger partial charge in [0.25, 0.3) is 0 Å². The van der Waals surface area contributed by atoms with Gasteiger partial charge in [-0.25, -0.2) is 0 Å². The van der Waals surface area contributed by atoms with Crippen LogP contribution < -0.4 is 0 Å². The van der Waals surface area contributed by atoms with Crippen molar-refractivity contribution in [3.05, 3.63) is 72.6 Å². The minimum Gasteiger partial charge on any atom is -0.289 e. The van der Waals surface area contributed by atoms with Crippen molar-refractivity contribution in [2.45, 2.75) is 31.8 Å². The maximum atomic E-state index is 4.47. The van der Waals surface area contributed by atoms with Gasteiger partial charge in [-0.05, 0) is 49.2 Å². The molecule has 0 radical (unpaired) electrons. The van der Waals surface area contributed by atoms with Crippen LogP contribution in [0.2, 0.25) is 0 Å². The van der Waals surface area contributed by atoms with Crippen LogP contribution in [0.25, 0.3) is 5.69 Å². The third-order valence-corrected chi connectivity index (χ3v) is 4.66. The third-order valence-electron chi connectivity index (χ3n) is 4.66. The van der Waals surface area contributed by atoms with Crippen LogP contribution in [0.15, 0.2) is 61.2 Å². The Hall–Kier alpha value is -2.53. The van der Waals surface area contributed by atoms with Crippen molar-refractivity contribution in [3.63, 3.8) is 0 Å². The first-order chi connectivity index (χ1) is 11.9. The number of pyridine rings is 1. The predicted molar refractivity (Wildman–Crippen MR) is 92.6 cm³/mol. The molecule has 0 amide bonds. The summed E-state index contributed by atoms with van der Waals surface area (Å²) in [5, 5.41) is 8.66. The molecule has 1 atom stereocenters. The first kappa shape index (κ1) is 15.0. The number of benzene rings is 1. The molecule has 1 saturated heterocycles. The highest BCUT2D eigenvalue weighted by atomic mass is 15.3. The van der Waals surface area contributed by atoms with Gasteiger partial charge in [0.2, 0.25) is 0 Å². The Labute approximate surface area is 142 Å². The summed E-state index contributed by atoms with van der Waals surface area (Å²) in [5.74, 6) is 1.04. The number of aromatic nitrogens is 4. The van der Waals surface area contributed by atoms with Crippen LogP contribution in [-0.2, 0) is 6.54 Å². The number of rotatable bonds is 4. The molecule has 1 fully saturated rings. The van der Waals surface area contributed by atoms with E-state index >= 15 is 0 Å². The van der Waals surface area contributed by atoms with Gasteiger partial charge in [0.05, 0.1) is 6.04 Å². The highest BCUT2D eigenvalue weighted by Gasteiger charge is 2.28. The van der Waals surface area contributed by atoms with Gasteiger partial charge >= 0.3 is 0 Å². The fourth-order valence-electron chi connectivity index (χ4n) is 3.45. The van der Waals surface area contributed by atoms with Crippen LogP contribution in [0, 0.1) is 0 Å². The minimum atomic E-state index is 0.301. The Kier molecular flexibility index (Phi) is 4.34. The summed E-state index contributed by atoms with van der Waals surface area (Å²) < 4.78 is 2.12. The van der Waals surface area contributed by atoms with Gasteiger partial charge < -0.3 is 0 Å². The second kappa shape index (κ2) is 6.93. The van der Waals surface area contributed by atoms with Gasteiger partial charge in [0.1, 0.15) is 6.33 Å². The molecule has 24 heavy (non-hydrogen) atoms. The normalized spacial score (nSPS) is 18.6. The molecular weight excluding hydrogens is 298 g/mol. The fraction of sp³-hybridized carbons (Fsp3) is 0.316. The number of nitrogens with zero attached hydrogens (tertiary/aromatic N) is 5. The standard InChI is InChI=1S/C19H21N5/c1-2-6-17(7-3-1)24-15-21-22-19(24)18-8-4-5-13-23(18)14-16-9-11-20-12-10-16/h1-3,6-7,9-12,15,18H,4-5,8,13-14H2/t18-/m0/s1. The van der Waals surface area contributed by atoms with E-state index in [9.17, 15) is 0 Å². The number of hydrogen-bond donors (Lipinski definition) is 0. The number of hydrogen-bond acceptors (Lipinski definition) is 4. The van der Waals surface area contributed by atoms with Crippen LogP contribution >= 0.6 is 0 Å². The Morgan fingerprint density at radius 1 is 1.00 bits per heavy atom. The van der Waals surface area contributed by atoms with Crippen LogP contribution in [0.5, 0.6) is 0 Å². The molecule has 1 aromatic carbocycles. The first-order valence-electron chi connectivity index (χ1n) is 8.50. The third kappa shape index (κ3) is 3.08. The van der Waals surface area contributed by atoms with Gasteiger partial charge in [0.15, 0.2) is 5.82 Å². The molecular formula is C19H21N5. The van der Waals surface area contributed by atoms with Gasteiger partial charge in [-0.3, -0.25) is 14.5 Å². The molecule has 0 N–H and O–H groups in total. The molecule has 5 nitrogen and oxygen atoms in total. The van der Waals surface area contributed by atoms with E-state index in [1.807, 2.05) is 24.8 Å². The molecule has 3 heterocycles. The van der Waals surface area contributed by atoms with E-state index in [0.29, 0.717) is 6.04 Å². The van der Waals surface area contributed by atoms with Crippen molar-refractivity contribution in [2.75, 3.05) is 6.54 Å². The van der Waals surface area contributed by atoms with Crippen LogP contribution in [0.4, 0.5) is 0 Å². The van der Waals surface area contributed by atoms with E-state index in [1.165, 1.54) is 18.4 Å². The second-order valence-corrected chi connectivity index (χ2v) is 6.23. The second-order valence-electron chi connectivity index (χ2n) is 6.23. The number of likely N-dealkylation sites (tertiary alicyclic amines) is 1. The van der Waals surface area contributed by atoms with Crippen molar-refractivity contribution in [1.29, 1.82) is 0 Å².